The van der Waals surface area contributed by atoms with Gasteiger partial charge >= 0.3 is 6.09 Å². The smallest absolute Gasteiger partial charge is 0.409 e. The maximum Gasteiger partial charge on any atom is 0.409 e. The Labute approximate surface area is 179 Å². The van der Waals surface area contributed by atoms with Crippen LogP contribution in [0.5, 0.6) is 5.75 Å². The molecule has 2 saturated heterocycles. The van der Waals surface area contributed by atoms with E-state index in [2.05, 4.69) is 16.7 Å². The predicted molar refractivity (Wildman–Crippen MR) is 116 cm³/mol. The maximum absolute atomic E-state index is 12.6. The van der Waals surface area contributed by atoms with Gasteiger partial charge < -0.3 is 19.3 Å². The van der Waals surface area contributed by atoms with Gasteiger partial charge in [-0.05, 0) is 63.9 Å². The lowest BCUT2D eigenvalue weighted by Crippen LogP contribution is -2.50. The van der Waals surface area contributed by atoms with E-state index >= 15 is 0 Å². The fraction of sp³-hybridized carbons (Fsp3) is 0.652. The SMILES string of the molecule is CCOC(=O)N1CCN(CC(=O)c2ccc(OCCCN3CCCC3C)cc2)CC1. The highest BCUT2D eigenvalue weighted by Crippen LogP contribution is 2.17. The summed E-state index contributed by atoms with van der Waals surface area (Å²) in [5, 5.41) is 0. The van der Waals surface area contributed by atoms with Crippen LogP contribution in [0.25, 0.3) is 0 Å². The molecule has 1 aromatic rings. The van der Waals surface area contributed by atoms with Crippen molar-refractivity contribution in [1.82, 2.24) is 14.7 Å². The predicted octanol–water partition coefficient (Wildman–Crippen LogP) is 2.90. The Morgan fingerprint density at radius 3 is 2.43 bits per heavy atom. The normalized spacial score (nSPS) is 20.3. The minimum atomic E-state index is -0.269. The largest absolute Gasteiger partial charge is 0.494 e. The number of hydrogen-bond donors (Lipinski definition) is 0. The van der Waals surface area contributed by atoms with Crippen LogP contribution in [0, 0.1) is 0 Å². The molecule has 2 aliphatic heterocycles. The molecule has 30 heavy (non-hydrogen) atoms. The van der Waals surface area contributed by atoms with Crippen LogP contribution in [0.3, 0.4) is 0 Å². The first-order valence-electron chi connectivity index (χ1n) is 11.2. The Kier molecular flexibility index (Phi) is 8.51. The summed E-state index contributed by atoms with van der Waals surface area (Å²) in [6.07, 6.45) is 3.35. The zero-order valence-corrected chi connectivity index (χ0v) is 18.3. The number of carbonyl (C=O) groups excluding carboxylic acids is 2. The summed E-state index contributed by atoms with van der Waals surface area (Å²) in [7, 11) is 0. The molecule has 3 rings (SSSR count). The van der Waals surface area contributed by atoms with E-state index in [9.17, 15) is 9.59 Å². The van der Waals surface area contributed by atoms with Crippen molar-refractivity contribution in [2.45, 2.75) is 39.2 Å². The summed E-state index contributed by atoms with van der Waals surface area (Å²) in [4.78, 5) is 30.7. The second kappa shape index (κ2) is 11.3. The molecule has 7 nitrogen and oxygen atoms in total. The molecule has 0 aliphatic carbocycles. The minimum absolute atomic E-state index is 0.0918. The van der Waals surface area contributed by atoms with Crippen LogP contribution in [0.4, 0.5) is 4.79 Å². The van der Waals surface area contributed by atoms with Crippen molar-refractivity contribution in [2.75, 3.05) is 59.0 Å². The zero-order chi connectivity index (χ0) is 21.3. The average molecular weight is 418 g/mol. The lowest BCUT2D eigenvalue weighted by atomic mass is 10.1. The monoisotopic (exact) mass is 417 g/mol. The van der Waals surface area contributed by atoms with E-state index in [0.717, 1.165) is 18.7 Å². The fourth-order valence-corrected chi connectivity index (χ4v) is 4.12. The van der Waals surface area contributed by atoms with E-state index in [4.69, 9.17) is 9.47 Å². The van der Waals surface area contributed by atoms with Gasteiger partial charge in [-0.15, -0.1) is 0 Å². The Balaban J connectivity index is 1.36. The number of rotatable bonds is 9. The van der Waals surface area contributed by atoms with E-state index < -0.39 is 0 Å². The molecule has 1 amide bonds. The van der Waals surface area contributed by atoms with E-state index in [0.29, 0.717) is 57.5 Å². The summed E-state index contributed by atoms with van der Waals surface area (Å²) in [5.74, 6) is 0.901. The molecule has 0 spiro atoms. The third-order valence-electron chi connectivity index (χ3n) is 5.99. The molecule has 0 N–H and O–H groups in total. The lowest BCUT2D eigenvalue weighted by molar-refractivity contribution is 0.0733. The van der Waals surface area contributed by atoms with Crippen molar-refractivity contribution in [3.05, 3.63) is 29.8 Å². The first kappa shape index (κ1) is 22.6. The van der Waals surface area contributed by atoms with Gasteiger partial charge in [0.05, 0.1) is 19.8 Å². The standard InChI is InChI=1S/C23H35N3O4/c1-3-29-23(28)26-15-13-24(14-16-26)18-22(27)20-7-9-21(10-8-20)30-17-5-12-25-11-4-6-19(25)2/h7-10,19H,3-6,11-18H2,1-2H3. The number of ketones is 1. The van der Waals surface area contributed by atoms with Gasteiger partial charge in [0.2, 0.25) is 0 Å². The molecule has 1 aromatic carbocycles. The van der Waals surface area contributed by atoms with Gasteiger partial charge in [-0.3, -0.25) is 9.69 Å². The first-order chi connectivity index (χ1) is 14.6. The Hall–Kier alpha value is -2.12. The van der Waals surface area contributed by atoms with Crippen LogP contribution in [-0.2, 0) is 4.74 Å². The van der Waals surface area contributed by atoms with Crippen molar-refractivity contribution >= 4 is 11.9 Å². The van der Waals surface area contributed by atoms with Crippen molar-refractivity contribution in [2.24, 2.45) is 0 Å². The van der Waals surface area contributed by atoms with Gasteiger partial charge in [0.25, 0.3) is 0 Å². The third-order valence-corrected chi connectivity index (χ3v) is 5.99. The molecule has 1 unspecified atom stereocenters. The number of likely N-dealkylation sites (tertiary alicyclic amines) is 1. The fourth-order valence-electron chi connectivity index (χ4n) is 4.12. The number of hydrogen-bond acceptors (Lipinski definition) is 6. The van der Waals surface area contributed by atoms with Crippen LogP contribution < -0.4 is 4.74 Å². The molecular formula is C23H35N3O4. The van der Waals surface area contributed by atoms with Crippen LogP contribution in [0.15, 0.2) is 24.3 Å². The van der Waals surface area contributed by atoms with Crippen LogP contribution in [0.2, 0.25) is 0 Å². The maximum atomic E-state index is 12.6. The Bertz CT molecular complexity index is 686. The lowest BCUT2D eigenvalue weighted by Gasteiger charge is -2.33. The number of ether oxygens (including phenoxy) is 2. The van der Waals surface area contributed by atoms with Gasteiger partial charge in [-0.2, -0.15) is 0 Å². The average Bonchev–Trinajstić information content (AvgIpc) is 3.17. The van der Waals surface area contributed by atoms with E-state index in [1.165, 1.54) is 19.4 Å². The summed E-state index contributed by atoms with van der Waals surface area (Å²) >= 11 is 0. The number of Topliss-reactive ketones (excluding diaryl/α,β-unsaturated/α-hetero) is 1. The van der Waals surface area contributed by atoms with Gasteiger partial charge in [-0.1, -0.05) is 0 Å². The van der Waals surface area contributed by atoms with Crippen LogP contribution in [-0.4, -0.2) is 91.6 Å². The second-order valence-corrected chi connectivity index (χ2v) is 8.14. The number of piperazine rings is 1. The van der Waals surface area contributed by atoms with Crippen molar-refractivity contribution in [3.8, 4) is 5.75 Å². The molecule has 1 atom stereocenters. The number of nitrogens with zero attached hydrogens (tertiary/aromatic N) is 3. The number of benzene rings is 1. The van der Waals surface area contributed by atoms with E-state index in [1.54, 1.807) is 11.8 Å². The van der Waals surface area contributed by atoms with Gasteiger partial charge in [0.1, 0.15) is 5.75 Å². The third kappa shape index (κ3) is 6.44. The number of amides is 1. The molecular weight excluding hydrogens is 382 g/mol. The highest BCUT2D eigenvalue weighted by Gasteiger charge is 2.23. The number of carbonyl (C=O) groups is 2. The Morgan fingerprint density at radius 1 is 1.07 bits per heavy atom. The second-order valence-electron chi connectivity index (χ2n) is 8.14. The quantitative estimate of drug-likeness (QED) is 0.455. The molecule has 2 aliphatic rings. The van der Waals surface area contributed by atoms with Crippen molar-refractivity contribution < 1.29 is 19.1 Å². The van der Waals surface area contributed by atoms with Crippen LogP contribution in [0.1, 0.15) is 43.5 Å². The summed E-state index contributed by atoms with van der Waals surface area (Å²) in [6.45, 7) is 10.4. The molecule has 0 saturated carbocycles. The van der Waals surface area contributed by atoms with Crippen molar-refractivity contribution in [3.63, 3.8) is 0 Å². The molecule has 2 heterocycles. The highest BCUT2D eigenvalue weighted by atomic mass is 16.6. The van der Waals surface area contributed by atoms with Crippen molar-refractivity contribution in [1.29, 1.82) is 0 Å². The summed E-state index contributed by atoms with van der Waals surface area (Å²) in [5.41, 5.74) is 0.695. The first-order valence-corrected chi connectivity index (χ1v) is 11.2. The zero-order valence-electron chi connectivity index (χ0n) is 18.3. The Morgan fingerprint density at radius 2 is 1.80 bits per heavy atom. The van der Waals surface area contributed by atoms with E-state index in [1.807, 2.05) is 24.3 Å². The van der Waals surface area contributed by atoms with Crippen LogP contribution >= 0.6 is 0 Å². The molecule has 0 radical (unpaired) electrons. The molecule has 2 fully saturated rings. The van der Waals surface area contributed by atoms with E-state index in [-0.39, 0.29) is 11.9 Å². The van der Waals surface area contributed by atoms with Gasteiger partial charge in [-0.25, -0.2) is 4.79 Å². The van der Waals surface area contributed by atoms with Gasteiger partial charge in [0, 0.05) is 44.3 Å². The minimum Gasteiger partial charge on any atom is -0.494 e. The topological polar surface area (TPSA) is 62.3 Å². The molecule has 7 heteroatoms. The molecule has 0 aromatic heterocycles. The molecule has 0 bridgehead atoms. The summed E-state index contributed by atoms with van der Waals surface area (Å²) in [6, 6.07) is 8.14. The summed E-state index contributed by atoms with van der Waals surface area (Å²) < 4.78 is 10.9. The highest BCUT2D eigenvalue weighted by molar-refractivity contribution is 5.97. The van der Waals surface area contributed by atoms with Gasteiger partial charge in [0.15, 0.2) is 5.78 Å². The molecule has 166 valence electrons.